The van der Waals surface area contributed by atoms with Gasteiger partial charge in [0.05, 0.1) is 18.8 Å². The number of ether oxygens (including phenoxy) is 2. The highest BCUT2D eigenvalue weighted by Crippen LogP contribution is 2.28. The summed E-state index contributed by atoms with van der Waals surface area (Å²) in [6, 6.07) is 0. The summed E-state index contributed by atoms with van der Waals surface area (Å²) in [6.45, 7) is 5.22. The van der Waals surface area contributed by atoms with Gasteiger partial charge < -0.3 is 19.7 Å². The summed E-state index contributed by atoms with van der Waals surface area (Å²) >= 11 is 0. The highest BCUT2D eigenvalue weighted by Gasteiger charge is 2.35. The molecule has 0 bridgehead atoms. The molecule has 0 aliphatic carbocycles. The lowest BCUT2D eigenvalue weighted by atomic mass is 10.2. The summed E-state index contributed by atoms with van der Waals surface area (Å²) in [5.74, 6) is 0.304. The molecule has 0 spiro atoms. The molecule has 112 valence electrons. The number of hydrogen-bond donors (Lipinski definition) is 2. The minimum Gasteiger partial charge on any atom is -0.475 e. The first-order valence-electron chi connectivity index (χ1n) is 6.63. The number of rotatable bonds is 4. The van der Waals surface area contributed by atoms with Crippen LogP contribution >= 0.6 is 0 Å². The summed E-state index contributed by atoms with van der Waals surface area (Å²) in [5.41, 5.74) is 0.214. The Bertz CT molecular complexity index is 528. The summed E-state index contributed by atoms with van der Waals surface area (Å²) in [5, 5.41) is 18.8. The van der Waals surface area contributed by atoms with Crippen molar-refractivity contribution in [2.24, 2.45) is 0 Å². The number of aryl methyl sites for hydroxylation is 1. The molecule has 0 unspecified atom stereocenters. The fourth-order valence-electron chi connectivity index (χ4n) is 2.15. The molecule has 20 heavy (non-hydrogen) atoms. The second kappa shape index (κ2) is 5.90. The Hall–Kier alpha value is -1.44. The largest absolute Gasteiger partial charge is 0.475 e. The number of aliphatic hydroxyl groups excluding tert-OH is 2. The molecule has 0 saturated carbocycles. The van der Waals surface area contributed by atoms with Gasteiger partial charge in [-0.3, -0.25) is 4.57 Å². The molecule has 7 nitrogen and oxygen atoms in total. The standard InChI is InChI=1S/C13H20N2O5/c1-7(2)19-12-8(3)5-15(13(18)14-12)11-4-9(17)10(6-16)20-11/h5,7,9-11,16-17H,4,6H2,1-3H3/t9-,10+,11+/m0/s1. The van der Waals surface area contributed by atoms with Crippen molar-refractivity contribution in [3.63, 3.8) is 0 Å². The lowest BCUT2D eigenvalue weighted by molar-refractivity contribution is -0.0460. The average Bonchev–Trinajstić information content (AvgIpc) is 2.74. The maximum Gasteiger partial charge on any atom is 0.352 e. The molecule has 1 aliphatic rings. The van der Waals surface area contributed by atoms with E-state index in [0.29, 0.717) is 11.4 Å². The quantitative estimate of drug-likeness (QED) is 0.807. The van der Waals surface area contributed by atoms with E-state index in [4.69, 9.17) is 14.6 Å². The molecule has 1 fully saturated rings. The van der Waals surface area contributed by atoms with Crippen molar-refractivity contribution >= 4 is 0 Å². The molecular formula is C13H20N2O5. The number of nitrogens with zero attached hydrogens (tertiary/aromatic N) is 2. The van der Waals surface area contributed by atoms with Gasteiger partial charge in [-0.25, -0.2) is 4.79 Å². The second-order valence-corrected chi connectivity index (χ2v) is 5.20. The van der Waals surface area contributed by atoms with E-state index in [1.807, 2.05) is 13.8 Å². The van der Waals surface area contributed by atoms with Gasteiger partial charge in [0.15, 0.2) is 0 Å². The van der Waals surface area contributed by atoms with E-state index in [1.54, 1.807) is 13.1 Å². The zero-order valence-electron chi connectivity index (χ0n) is 11.8. The van der Waals surface area contributed by atoms with Crippen LogP contribution in [-0.2, 0) is 4.74 Å². The Morgan fingerprint density at radius 3 is 2.85 bits per heavy atom. The summed E-state index contributed by atoms with van der Waals surface area (Å²) < 4.78 is 12.2. The van der Waals surface area contributed by atoms with Crippen molar-refractivity contribution in [1.29, 1.82) is 0 Å². The third-order valence-corrected chi connectivity index (χ3v) is 3.13. The van der Waals surface area contributed by atoms with E-state index in [-0.39, 0.29) is 19.1 Å². The van der Waals surface area contributed by atoms with Crippen molar-refractivity contribution in [2.45, 2.75) is 51.7 Å². The number of aliphatic hydroxyl groups is 2. The van der Waals surface area contributed by atoms with E-state index in [9.17, 15) is 9.90 Å². The van der Waals surface area contributed by atoms with Crippen LogP contribution in [0, 0.1) is 6.92 Å². The molecule has 0 radical (unpaired) electrons. The Morgan fingerprint density at radius 1 is 1.60 bits per heavy atom. The molecule has 0 amide bonds. The number of aromatic nitrogens is 2. The van der Waals surface area contributed by atoms with Gasteiger partial charge in [-0.2, -0.15) is 4.98 Å². The monoisotopic (exact) mass is 284 g/mol. The van der Waals surface area contributed by atoms with Crippen LogP contribution in [0.25, 0.3) is 0 Å². The van der Waals surface area contributed by atoms with Gasteiger partial charge in [-0.15, -0.1) is 0 Å². The molecular weight excluding hydrogens is 264 g/mol. The summed E-state index contributed by atoms with van der Waals surface area (Å²) in [7, 11) is 0. The molecule has 1 aromatic heterocycles. The topological polar surface area (TPSA) is 93.8 Å². The minimum atomic E-state index is -0.788. The Kier molecular flexibility index (Phi) is 4.42. The van der Waals surface area contributed by atoms with E-state index >= 15 is 0 Å². The maximum atomic E-state index is 12.0. The number of hydrogen-bond acceptors (Lipinski definition) is 6. The molecule has 1 saturated heterocycles. The van der Waals surface area contributed by atoms with Gasteiger partial charge in [0.1, 0.15) is 12.3 Å². The Morgan fingerprint density at radius 2 is 2.30 bits per heavy atom. The highest BCUT2D eigenvalue weighted by atomic mass is 16.5. The molecule has 0 aromatic carbocycles. The van der Waals surface area contributed by atoms with Gasteiger partial charge in [0, 0.05) is 18.2 Å². The van der Waals surface area contributed by atoms with Crippen molar-refractivity contribution in [1.82, 2.24) is 9.55 Å². The lowest BCUT2D eigenvalue weighted by Crippen LogP contribution is -2.29. The van der Waals surface area contributed by atoms with Crippen LogP contribution in [0.1, 0.15) is 32.1 Å². The van der Waals surface area contributed by atoms with Crippen molar-refractivity contribution in [3.8, 4) is 5.88 Å². The van der Waals surface area contributed by atoms with Crippen LogP contribution in [0.5, 0.6) is 5.88 Å². The van der Waals surface area contributed by atoms with Gasteiger partial charge in [-0.05, 0) is 20.8 Å². The van der Waals surface area contributed by atoms with Crippen molar-refractivity contribution in [3.05, 3.63) is 22.2 Å². The zero-order valence-corrected chi connectivity index (χ0v) is 11.8. The smallest absolute Gasteiger partial charge is 0.352 e. The van der Waals surface area contributed by atoms with Crippen LogP contribution in [0.15, 0.2) is 11.0 Å². The SMILES string of the molecule is Cc1cn([C@H]2C[C@H](O)[C@@H](CO)O2)c(=O)nc1OC(C)C. The molecule has 7 heteroatoms. The van der Waals surface area contributed by atoms with E-state index < -0.39 is 24.1 Å². The van der Waals surface area contributed by atoms with E-state index in [2.05, 4.69) is 4.98 Å². The fraction of sp³-hybridized carbons (Fsp3) is 0.692. The predicted molar refractivity (Wildman–Crippen MR) is 70.6 cm³/mol. The first kappa shape index (κ1) is 15.0. The lowest BCUT2D eigenvalue weighted by Gasteiger charge is -2.17. The molecule has 2 heterocycles. The highest BCUT2D eigenvalue weighted by molar-refractivity contribution is 5.21. The second-order valence-electron chi connectivity index (χ2n) is 5.20. The van der Waals surface area contributed by atoms with Crippen LogP contribution < -0.4 is 10.4 Å². The minimum absolute atomic E-state index is 0.0697. The molecule has 1 aliphatic heterocycles. The first-order valence-corrected chi connectivity index (χ1v) is 6.63. The van der Waals surface area contributed by atoms with Crippen molar-refractivity contribution < 1.29 is 19.7 Å². The van der Waals surface area contributed by atoms with Gasteiger partial charge in [0.25, 0.3) is 0 Å². The van der Waals surface area contributed by atoms with Gasteiger partial charge in [0.2, 0.25) is 5.88 Å². The van der Waals surface area contributed by atoms with Gasteiger partial charge in [-0.1, -0.05) is 0 Å². The third kappa shape index (κ3) is 3.00. The maximum absolute atomic E-state index is 12.0. The van der Waals surface area contributed by atoms with Crippen LogP contribution in [0.3, 0.4) is 0 Å². The predicted octanol–water partition coefficient (Wildman–Crippen LogP) is -0.0204. The van der Waals surface area contributed by atoms with Gasteiger partial charge >= 0.3 is 5.69 Å². The van der Waals surface area contributed by atoms with E-state index in [0.717, 1.165) is 0 Å². The first-order chi connectivity index (χ1) is 9.42. The summed E-state index contributed by atoms with van der Waals surface area (Å²) in [4.78, 5) is 15.9. The molecule has 2 rings (SSSR count). The van der Waals surface area contributed by atoms with Crippen molar-refractivity contribution in [2.75, 3.05) is 6.61 Å². The molecule has 3 atom stereocenters. The molecule has 2 N–H and O–H groups in total. The van der Waals surface area contributed by atoms with Crippen LogP contribution in [-0.4, -0.2) is 44.7 Å². The zero-order chi connectivity index (χ0) is 14.9. The van der Waals surface area contributed by atoms with E-state index in [1.165, 1.54) is 4.57 Å². The van der Waals surface area contributed by atoms with Crippen LogP contribution in [0.2, 0.25) is 0 Å². The van der Waals surface area contributed by atoms with Crippen LogP contribution in [0.4, 0.5) is 0 Å². The Labute approximate surface area is 116 Å². The molecule has 1 aromatic rings. The Balaban J connectivity index is 2.26. The fourth-order valence-corrected chi connectivity index (χ4v) is 2.15. The summed E-state index contributed by atoms with van der Waals surface area (Å²) in [6.07, 6.45) is -0.294. The average molecular weight is 284 g/mol. The third-order valence-electron chi connectivity index (χ3n) is 3.13. The normalized spacial score (nSPS) is 26.2.